The quantitative estimate of drug-likeness (QED) is 0.182. The van der Waals surface area contributed by atoms with Gasteiger partial charge in [-0.15, -0.1) is 0 Å². The standard InChI is InChI=1S/C26H26N2O10S/c1-3-26(37-21(38-26)13-20(29)35-14-16-9-5-4-6-10-16)28-19(15-36-39(2,33)34)22(25(28)32)27-23(30)17-11-7-8-12-18(17)24(27)31/h4-12,19,21-22H,3,13-15H2,1-2H3/t19-,21?,22+,26?/m1/s1. The van der Waals surface area contributed by atoms with Crippen molar-refractivity contribution in [3.8, 4) is 0 Å². The number of imide groups is 1. The van der Waals surface area contributed by atoms with Crippen LogP contribution in [-0.2, 0) is 44.7 Å². The second-order valence-electron chi connectivity index (χ2n) is 9.32. The van der Waals surface area contributed by atoms with Crippen LogP contribution in [0.25, 0.3) is 0 Å². The van der Waals surface area contributed by atoms with Crippen LogP contribution >= 0.6 is 0 Å². The first-order valence-corrected chi connectivity index (χ1v) is 14.1. The van der Waals surface area contributed by atoms with E-state index in [1.807, 2.05) is 30.3 Å². The van der Waals surface area contributed by atoms with E-state index in [9.17, 15) is 27.6 Å². The van der Waals surface area contributed by atoms with Crippen molar-refractivity contribution >= 4 is 33.8 Å². The average molecular weight is 559 g/mol. The van der Waals surface area contributed by atoms with E-state index < -0.39 is 64.7 Å². The Morgan fingerprint density at radius 3 is 2.13 bits per heavy atom. The number of fused-ring (bicyclic) bond motifs is 1. The summed E-state index contributed by atoms with van der Waals surface area (Å²) in [4.78, 5) is 53.8. The van der Waals surface area contributed by atoms with E-state index in [0.717, 1.165) is 21.6 Å². The Morgan fingerprint density at radius 1 is 0.974 bits per heavy atom. The molecule has 0 bridgehead atoms. The normalized spacial score (nSPS) is 26.2. The van der Waals surface area contributed by atoms with Gasteiger partial charge in [-0.1, -0.05) is 49.4 Å². The van der Waals surface area contributed by atoms with Crippen molar-refractivity contribution in [3.63, 3.8) is 0 Å². The molecule has 3 aliphatic heterocycles. The minimum absolute atomic E-state index is 0.0722. The van der Waals surface area contributed by atoms with Crippen LogP contribution in [0.2, 0.25) is 0 Å². The summed E-state index contributed by atoms with van der Waals surface area (Å²) < 4.78 is 45.4. The topological polar surface area (TPSA) is 146 Å². The summed E-state index contributed by atoms with van der Waals surface area (Å²) in [6.07, 6.45) is -0.310. The summed E-state index contributed by atoms with van der Waals surface area (Å²) in [7, 11) is -3.93. The molecular weight excluding hydrogens is 532 g/mol. The Hall–Kier alpha value is -3.65. The summed E-state index contributed by atoms with van der Waals surface area (Å²) in [5.74, 6) is -4.23. The Morgan fingerprint density at radius 2 is 1.56 bits per heavy atom. The zero-order chi connectivity index (χ0) is 27.9. The molecule has 0 unspecified atom stereocenters. The SMILES string of the molecule is CCC1(N2C(=O)[C@@H](N3C(=O)c4ccccc4C3=O)[C@H]2COS(C)(=O)=O)OC(CC(=O)OCc2ccccc2)O1. The number of rotatable bonds is 10. The van der Waals surface area contributed by atoms with Crippen LogP contribution in [-0.4, -0.2) is 79.1 Å². The van der Waals surface area contributed by atoms with Gasteiger partial charge in [-0.05, 0) is 17.7 Å². The number of hydrogen-bond acceptors (Lipinski definition) is 10. The molecule has 0 aliphatic carbocycles. The molecule has 0 radical (unpaired) electrons. The van der Waals surface area contributed by atoms with Crippen LogP contribution in [0.1, 0.15) is 46.0 Å². The zero-order valence-corrected chi connectivity index (χ0v) is 22.0. The molecule has 2 aromatic rings. The zero-order valence-electron chi connectivity index (χ0n) is 21.1. The second kappa shape index (κ2) is 10.2. The lowest BCUT2D eigenvalue weighted by Crippen LogP contribution is -2.82. The first-order valence-electron chi connectivity index (χ1n) is 12.2. The number of carbonyl (C=O) groups excluding carboxylic acids is 4. The second-order valence-corrected chi connectivity index (χ2v) is 11.0. The Kier molecular flexibility index (Phi) is 7.01. The number of carbonyl (C=O) groups is 4. The van der Waals surface area contributed by atoms with Gasteiger partial charge < -0.3 is 14.2 Å². The molecule has 3 heterocycles. The number of hydrogen-bond donors (Lipinski definition) is 0. The van der Waals surface area contributed by atoms with Crippen LogP contribution in [0.5, 0.6) is 0 Å². The highest BCUT2D eigenvalue weighted by molar-refractivity contribution is 7.85. The van der Waals surface area contributed by atoms with Crippen LogP contribution < -0.4 is 0 Å². The number of nitrogens with zero attached hydrogens (tertiary/aromatic N) is 2. The monoisotopic (exact) mass is 558 g/mol. The van der Waals surface area contributed by atoms with Gasteiger partial charge >= 0.3 is 5.97 Å². The van der Waals surface area contributed by atoms with Gasteiger partial charge in [0, 0.05) is 6.42 Å². The molecule has 0 saturated carbocycles. The molecule has 5 rings (SSSR count). The van der Waals surface area contributed by atoms with E-state index in [-0.39, 0.29) is 30.6 Å². The molecule has 2 saturated heterocycles. The average Bonchev–Trinajstić information content (AvgIpc) is 3.13. The summed E-state index contributed by atoms with van der Waals surface area (Å²) >= 11 is 0. The fourth-order valence-electron chi connectivity index (χ4n) is 4.94. The van der Waals surface area contributed by atoms with Gasteiger partial charge in [0.05, 0.1) is 36.5 Å². The molecule has 39 heavy (non-hydrogen) atoms. The molecule has 13 heteroatoms. The number of β-lactam (4-membered cyclic amide) rings is 1. The summed E-state index contributed by atoms with van der Waals surface area (Å²) in [5.41, 5.74) is 1.10. The molecule has 0 spiro atoms. The highest BCUT2D eigenvalue weighted by Crippen LogP contribution is 2.45. The maximum absolute atomic E-state index is 13.4. The van der Waals surface area contributed by atoms with E-state index in [4.69, 9.17) is 18.4 Å². The lowest BCUT2D eigenvalue weighted by atomic mass is 9.91. The predicted molar refractivity (Wildman–Crippen MR) is 132 cm³/mol. The maximum atomic E-state index is 13.4. The van der Waals surface area contributed by atoms with Crippen molar-refractivity contribution in [2.75, 3.05) is 12.9 Å². The Balaban J connectivity index is 1.29. The lowest BCUT2D eigenvalue weighted by molar-refractivity contribution is -0.502. The van der Waals surface area contributed by atoms with E-state index in [1.165, 1.54) is 12.1 Å². The number of ether oxygens (including phenoxy) is 3. The summed E-state index contributed by atoms with van der Waals surface area (Å²) in [6.45, 7) is 1.20. The van der Waals surface area contributed by atoms with E-state index in [0.29, 0.717) is 0 Å². The van der Waals surface area contributed by atoms with Crippen molar-refractivity contribution in [1.29, 1.82) is 0 Å². The van der Waals surface area contributed by atoms with Crippen molar-refractivity contribution in [2.45, 2.75) is 50.7 Å². The van der Waals surface area contributed by atoms with E-state index in [2.05, 4.69) is 0 Å². The van der Waals surface area contributed by atoms with Crippen LogP contribution in [0.4, 0.5) is 0 Å². The fraction of sp³-hybridized carbons (Fsp3) is 0.385. The highest BCUT2D eigenvalue weighted by Gasteiger charge is 2.66. The smallest absolute Gasteiger partial charge is 0.311 e. The molecule has 2 atom stereocenters. The third kappa shape index (κ3) is 4.93. The molecule has 0 N–H and O–H groups in total. The van der Waals surface area contributed by atoms with Gasteiger partial charge in [-0.3, -0.25) is 33.2 Å². The highest BCUT2D eigenvalue weighted by atomic mass is 32.2. The summed E-state index contributed by atoms with van der Waals surface area (Å²) in [6, 6.07) is 12.8. The van der Waals surface area contributed by atoms with Gasteiger partial charge in [-0.25, -0.2) is 0 Å². The maximum Gasteiger partial charge on any atom is 0.311 e. The van der Waals surface area contributed by atoms with Gasteiger partial charge in [0.2, 0.25) is 0 Å². The minimum Gasteiger partial charge on any atom is -0.461 e. The van der Waals surface area contributed by atoms with Gasteiger partial charge in [-0.2, -0.15) is 8.42 Å². The molecule has 12 nitrogen and oxygen atoms in total. The lowest BCUT2D eigenvalue weighted by Gasteiger charge is -2.61. The van der Waals surface area contributed by atoms with Crippen molar-refractivity contribution in [3.05, 3.63) is 71.3 Å². The van der Waals surface area contributed by atoms with Gasteiger partial charge in [0.25, 0.3) is 33.8 Å². The molecule has 206 valence electrons. The van der Waals surface area contributed by atoms with Crippen LogP contribution in [0, 0.1) is 0 Å². The van der Waals surface area contributed by atoms with Gasteiger partial charge in [0.1, 0.15) is 12.6 Å². The molecule has 0 aromatic heterocycles. The largest absolute Gasteiger partial charge is 0.461 e. The van der Waals surface area contributed by atoms with Crippen molar-refractivity contribution in [1.82, 2.24) is 9.80 Å². The number of amides is 3. The minimum atomic E-state index is -3.93. The molecule has 3 aliphatic rings. The predicted octanol–water partition coefficient (Wildman–Crippen LogP) is 1.41. The van der Waals surface area contributed by atoms with E-state index in [1.54, 1.807) is 19.1 Å². The van der Waals surface area contributed by atoms with Gasteiger partial charge in [0.15, 0.2) is 6.29 Å². The third-order valence-corrected chi connectivity index (χ3v) is 7.33. The molecule has 3 amide bonds. The molecular formula is C26H26N2O10S. The van der Waals surface area contributed by atoms with E-state index >= 15 is 0 Å². The molecule has 2 fully saturated rings. The van der Waals surface area contributed by atoms with Crippen molar-refractivity contribution in [2.24, 2.45) is 0 Å². The van der Waals surface area contributed by atoms with Crippen LogP contribution in [0.15, 0.2) is 54.6 Å². The first kappa shape index (κ1) is 26.9. The first-order chi connectivity index (χ1) is 18.5. The summed E-state index contributed by atoms with van der Waals surface area (Å²) in [5, 5.41) is 0. The Bertz CT molecular complexity index is 1390. The Labute approximate surface area is 224 Å². The number of benzene rings is 2. The van der Waals surface area contributed by atoms with Crippen molar-refractivity contribution < 1.29 is 46.0 Å². The number of likely N-dealkylation sites (tertiary alicyclic amines) is 1. The van der Waals surface area contributed by atoms with Crippen LogP contribution in [0.3, 0.4) is 0 Å². The third-order valence-electron chi connectivity index (χ3n) is 6.76. The number of esters is 1. The molecule has 2 aromatic carbocycles. The fourth-order valence-corrected chi connectivity index (χ4v) is 5.33.